The molecule has 1 aromatic rings. The molecule has 0 saturated heterocycles. The molecular weight excluding hydrogens is 214 g/mol. The minimum absolute atomic E-state index is 0.0218. The lowest BCUT2D eigenvalue weighted by molar-refractivity contribution is 0.0951. The number of nitrogens with zero attached hydrogens (tertiary/aromatic N) is 1. The third-order valence-corrected chi connectivity index (χ3v) is 2.83. The van der Waals surface area contributed by atoms with E-state index >= 15 is 0 Å². The molecule has 0 bridgehead atoms. The maximum atomic E-state index is 11.7. The molecule has 0 aromatic carbocycles. The lowest BCUT2D eigenvalue weighted by Gasteiger charge is -2.06. The Bertz CT molecular complexity index is 371. The topological polar surface area (TPSA) is 54.0 Å². The van der Waals surface area contributed by atoms with E-state index in [9.17, 15) is 4.79 Å². The first kappa shape index (κ1) is 11.9. The number of hydrogen-bond acceptors (Lipinski definition) is 3. The Labute approximate surface area is 102 Å². The highest BCUT2D eigenvalue weighted by Gasteiger charge is 2.21. The van der Waals surface area contributed by atoms with E-state index in [0.29, 0.717) is 11.5 Å². The summed E-state index contributed by atoms with van der Waals surface area (Å²) in [5.74, 6) is 1.51. The second-order valence-corrected chi connectivity index (χ2v) is 4.51. The fraction of sp³-hybridized carbons (Fsp3) is 0.538. The largest absolute Gasteiger partial charge is 0.370 e. The highest BCUT2D eigenvalue weighted by Crippen LogP contribution is 2.27. The summed E-state index contributed by atoms with van der Waals surface area (Å²) in [6.07, 6.45) is 5.18. The van der Waals surface area contributed by atoms with Crippen LogP contribution in [0.4, 0.5) is 5.82 Å². The molecule has 2 N–H and O–H groups in total. The maximum Gasteiger partial charge on any atom is 0.252 e. The zero-order valence-corrected chi connectivity index (χ0v) is 10.2. The summed E-state index contributed by atoms with van der Waals surface area (Å²) in [6, 6.07) is 3.66. The van der Waals surface area contributed by atoms with Crippen molar-refractivity contribution in [3.8, 4) is 0 Å². The number of hydrogen-bond donors (Lipinski definition) is 2. The molecule has 1 aliphatic carbocycles. The molecule has 1 amide bonds. The Morgan fingerprint density at radius 1 is 1.47 bits per heavy atom. The van der Waals surface area contributed by atoms with Crippen LogP contribution >= 0.6 is 0 Å². The highest BCUT2D eigenvalue weighted by atomic mass is 16.1. The molecule has 2 rings (SSSR count). The number of nitrogens with one attached hydrogen (secondary N) is 2. The molecule has 4 nitrogen and oxygen atoms in total. The van der Waals surface area contributed by atoms with Gasteiger partial charge in [0.05, 0.1) is 5.56 Å². The maximum absolute atomic E-state index is 11.7. The van der Waals surface area contributed by atoms with Crippen LogP contribution in [0.1, 0.15) is 36.5 Å². The van der Waals surface area contributed by atoms with Crippen molar-refractivity contribution < 1.29 is 4.79 Å². The van der Waals surface area contributed by atoms with Gasteiger partial charge in [-0.1, -0.05) is 6.92 Å². The van der Waals surface area contributed by atoms with Crippen LogP contribution in [0.25, 0.3) is 0 Å². The summed E-state index contributed by atoms with van der Waals surface area (Å²) in [4.78, 5) is 15.9. The van der Waals surface area contributed by atoms with Crippen LogP contribution in [0.5, 0.6) is 0 Å². The lowest BCUT2D eigenvalue weighted by atomic mass is 10.2. The lowest BCUT2D eigenvalue weighted by Crippen LogP contribution is -2.25. The molecule has 0 aliphatic heterocycles. The number of carbonyl (C=O) groups excluding carboxylic acids is 1. The van der Waals surface area contributed by atoms with Gasteiger partial charge in [0.25, 0.3) is 5.91 Å². The van der Waals surface area contributed by atoms with Crippen molar-refractivity contribution in [2.24, 2.45) is 5.92 Å². The number of rotatable bonds is 6. The Morgan fingerprint density at radius 2 is 2.29 bits per heavy atom. The minimum Gasteiger partial charge on any atom is -0.370 e. The van der Waals surface area contributed by atoms with Gasteiger partial charge in [-0.3, -0.25) is 4.79 Å². The van der Waals surface area contributed by atoms with E-state index in [2.05, 4.69) is 22.5 Å². The van der Waals surface area contributed by atoms with E-state index < -0.39 is 0 Å². The van der Waals surface area contributed by atoms with E-state index in [1.165, 1.54) is 12.8 Å². The van der Waals surface area contributed by atoms with Crippen molar-refractivity contribution in [1.29, 1.82) is 0 Å². The minimum atomic E-state index is -0.0218. The van der Waals surface area contributed by atoms with Gasteiger partial charge in [-0.15, -0.1) is 0 Å². The SMILES string of the molecule is CCCNc1ccc(C(=O)NCC2CC2)cn1. The predicted octanol–water partition coefficient (Wildman–Crippen LogP) is 2.04. The predicted molar refractivity (Wildman–Crippen MR) is 68.1 cm³/mol. The summed E-state index contributed by atoms with van der Waals surface area (Å²) in [5, 5.41) is 6.10. The van der Waals surface area contributed by atoms with Gasteiger partial charge in [0, 0.05) is 19.3 Å². The highest BCUT2D eigenvalue weighted by molar-refractivity contribution is 5.94. The third kappa shape index (κ3) is 3.73. The molecule has 1 saturated carbocycles. The van der Waals surface area contributed by atoms with Crippen molar-refractivity contribution in [2.75, 3.05) is 18.4 Å². The molecule has 92 valence electrons. The molecule has 0 radical (unpaired) electrons. The fourth-order valence-corrected chi connectivity index (χ4v) is 1.55. The summed E-state index contributed by atoms with van der Waals surface area (Å²) in [6.45, 7) is 3.81. The molecule has 0 atom stereocenters. The first-order valence-corrected chi connectivity index (χ1v) is 6.27. The summed E-state index contributed by atoms with van der Waals surface area (Å²) in [7, 11) is 0. The Kier molecular flexibility index (Phi) is 3.96. The van der Waals surface area contributed by atoms with Crippen LogP contribution in [-0.2, 0) is 0 Å². The molecule has 0 spiro atoms. The van der Waals surface area contributed by atoms with Crippen molar-refractivity contribution >= 4 is 11.7 Å². The average molecular weight is 233 g/mol. The third-order valence-electron chi connectivity index (χ3n) is 2.83. The molecule has 1 aliphatic rings. The zero-order chi connectivity index (χ0) is 12.1. The van der Waals surface area contributed by atoms with Crippen LogP contribution < -0.4 is 10.6 Å². The van der Waals surface area contributed by atoms with E-state index in [4.69, 9.17) is 0 Å². The van der Waals surface area contributed by atoms with Crippen molar-refractivity contribution in [3.63, 3.8) is 0 Å². The number of pyridine rings is 1. The summed E-state index contributed by atoms with van der Waals surface area (Å²) < 4.78 is 0. The molecule has 4 heteroatoms. The summed E-state index contributed by atoms with van der Waals surface area (Å²) >= 11 is 0. The Morgan fingerprint density at radius 3 is 2.88 bits per heavy atom. The van der Waals surface area contributed by atoms with Gasteiger partial charge >= 0.3 is 0 Å². The van der Waals surface area contributed by atoms with Crippen molar-refractivity contribution in [3.05, 3.63) is 23.9 Å². The molecule has 0 unspecified atom stereocenters. The number of aromatic nitrogens is 1. The van der Waals surface area contributed by atoms with Gasteiger partial charge in [0.2, 0.25) is 0 Å². The molecule has 17 heavy (non-hydrogen) atoms. The Balaban J connectivity index is 1.84. The van der Waals surface area contributed by atoms with E-state index in [0.717, 1.165) is 25.3 Å². The second-order valence-electron chi connectivity index (χ2n) is 4.51. The van der Waals surface area contributed by atoms with Gasteiger partial charge in [-0.2, -0.15) is 0 Å². The normalized spacial score (nSPS) is 14.4. The monoisotopic (exact) mass is 233 g/mol. The fourth-order valence-electron chi connectivity index (χ4n) is 1.55. The van der Waals surface area contributed by atoms with Crippen LogP contribution in [0.2, 0.25) is 0 Å². The molecule has 1 fully saturated rings. The Hall–Kier alpha value is -1.58. The number of carbonyl (C=O) groups is 1. The van der Waals surface area contributed by atoms with E-state index in [-0.39, 0.29) is 5.91 Å². The molecule has 1 heterocycles. The van der Waals surface area contributed by atoms with E-state index in [1.807, 2.05) is 12.1 Å². The zero-order valence-electron chi connectivity index (χ0n) is 10.2. The average Bonchev–Trinajstić information content (AvgIpc) is 3.18. The standard InChI is InChI=1S/C13H19N3O/c1-2-7-14-12-6-5-11(9-15-12)13(17)16-8-10-3-4-10/h5-6,9-10H,2-4,7-8H2,1H3,(H,14,15)(H,16,17). The second kappa shape index (κ2) is 5.66. The number of amides is 1. The van der Waals surface area contributed by atoms with Gasteiger partial charge in [-0.05, 0) is 37.3 Å². The molecule has 1 aromatic heterocycles. The smallest absolute Gasteiger partial charge is 0.252 e. The van der Waals surface area contributed by atoms with E-state index in [1.54, 1.807) is 6.20 Å². The van der Waals surface area contributed by atoms with Crippen LogP contribution in [0.15, 0.2) is 18.3 Å². The quantitative estimate of drug-likeness (QED) is 0.790. The number of anilines is 1. The van der Waals surface area contributed by atoms with Gasteiger partial charge in [-0.25, -0.2) is 4.98 Å². The first-order chi connectivity index (χ1) is 8.29. The van der Waals surface area contributed by atoms with Crippen molar-refractivity contribution in [1.82, 2.24) is 10.3 Å². The van der Waals surface area contributed by atoms with Crippen LogP contribution in [0, 0.1) is 5.92 Å². The summed E-state index contributed by atoms with van der Waals surface area (Å²) in [5.41, 5.74) is 0.632. The van der Waals surface area contributed by atoms with Crippen LogP contribution in [0.3, 0.4) is 0 Å². The van der Waals surface area contributed by atoms with Gasteiger partial charge in [0.15, 0.2) is 0 Å². The van der Waals surface area contributed by atoms with Crippen LogP contribution in [-0.4, -0.2) is 24.0 Å². The van der Waals surface area contributed by atoms with Crippen molar-refractivity contribution in [2.45, 2.75) is 26.2 Å². The first-order valence-electron chi connectivity index (χ1n) is 6.27. The van der Waals surface area contributed by atoms with Gasteiger partial charge in [0.1, 0.15) is 5.82 Å². The molecular formula is C13H19N3O. The van der Waals surface area contributed by atoms with Gasteiger partial charge < -0.3 is 10.6 Å².